The molecule has 1 heterocycles. The fraction of sp³-hybridized carbons (Fsp3) is 0.0698. The van der Waals surface area contributed by atoms with Crippen LogP contribution in [0.15, 0.2) is 152 Å². The van der Waals surface area contributed by atoms with Crippen LogP contribution in [0.4, 0.5) is 17.1 Å². The quantitative estimate of drug-likeness (QED) is 0.196. The van der Waals surface area contributed by atoms with E-state index in [0.29, 0.717) is 0 Å². The van der Waals surface area contributed by atoms with Crippen molar-refractivity contribution in [3.05, 3.63) is 163 Å². The van der Waals surface area contributed by atoms with Gasteiger partial charge in [0.25, 0.3) is 0 Å². The molecule has 2 heteroatoms. The van der Waals surface area contributed by atoms with Crippen molar-refractivity contribution in [2.24, 2.45) is 0 Å². The smallest absolute Gasteiger partial charge is 0.0640 e. The van der Waals surface area contributed by atoms with Gasteiger partial charge in [0.05, 0.1) is 10.4 Å². The number of rotatable bonds is 4. The predicted octanol–water partition coefficient (Wildman–Crippen LogP) is 12.7. The monoisotopic (exact) mass is 593 g/mol. The zero-order valence-electron chi connectivity index (χ0n) is 25.3. The Labute approximate surface area is 267 Å². The van der Waals surface area contributed by atoms with Gasteiger partial charge in [-0.3, -0.25) is 0 Å². The normalized spacial score (nSPS) is 13.3. The molecule has 0 bridgehead atoms. The summed E-state index contributed by atoms with van der Waals surface area (Å²) >= 11 is 1.91. The van der Waals surface area contributed by atoms with Gasteiger partial charge in [-0.1, -0.05) is 117 Å². The molecule has 0 aliphatic heterocycles. The summed E-state index contributed by atoms with van der Waals surface area (Å²) in [7, 11) is 0. The van der Waals surface area contributed by atoms with E-state index in [1.54, 1.807) is 0 Å². The molecule has 0 radical (unpaired) electrons. The molecule has 214 valence electrons. The fourth-order valence-electron chi connectivity index (χ4n) is 7.33. The van der Waals surface area contributed by atoms with E-state index in [9.17, 15) is 0 Å². The number of hydrogen-bond donors (Lipinski definition) is 0. The van der Waals surface area contributed by atoms with Crippen LogP contribution in [-0.2, 0) is 5.41 Å². The third kappa shape index (κ3) is 4.06. The molecule has 8 aromatic rings. The molecule has 1 nitrogen and oxygen atoms in total. The number of para-hydroxylation sites is 1. The lowest BCUT2D eigenvalue weighted by Crippen LogP contribution is -2.14. The van der Waals surface area contributed by atoms with Crippen LogP contribution >= 0.6 is 11.3 Å². The van der Waals surface area contributed by atoms with E-state index in [1.807, 2.05) is 11.3 Å². The van der Waals surface area contributed by atoms with E-state index in [-0.39, 0.29) is 5.41 Å². The highest BCUT2D eigenvalue weighted by atomic mass is 32.1. The average molecular weight is 594 g/mol. The summed E-state index contributed by atoms with van der Waals surface area (Å²) in [6.07, 6.45) is 0. The predicted molar refractivity (Wildman–Crippen MR) is 195 cm³/mol. The molecule has 7 aromatic carbocycles. The molecule has 0 saturated heterocycles. The number of anilines is 3. The second kappa shape index (κ2) is 9.92. The molecule has 0 N–H and O–H groups in total. The minimum absolute atomic E-state index is 0.0119. The molecule has 0 saturated carbocycles. The van der Waals surface area contributed by atoms with Crippen LogP contribution < -0.4 is 4.90 Å². The molecule has 1 aliphatic rings. The van der Waals surface area contributed by atoms with Crippen molar-refractivity contribution >= 4 is 59.3 Å². The van der Waals surface area contributed by atoms with Crippen molar-refractivity contribution < 1.29 is 0 Å². The van der Waals surface area contributed by atoms with Crippen molar-refractivity contribution in [1.29, 1.82) is 0 Å². The minimum Gasteiger partial charge on any atom is -0.309 e. The zero-order chi connectivity index (χ0) is 30.1. The Balaban J connectivity index is 1.20. The van der Waals surface area contributed by atoms with E-state index in [0.717, 1.165) is 11.4 Å². The Bertz CT molecular complexity index is 2400. The minimum atomic E-state index is -0.0119. The van der Waals surface area contributed by atoms with Gasteiger partial charge in [-0.15, -0.1) is 11.3 Å². The van der Waals surface area contributed by atoms with Gasteiger partial charge in [-0.25, -0.2) is 0 Å². The van der Waals surface area contributed by atoms with Crippen LogP contribution in [0.3, 0.4) is 0 Å². The van der Waals surface area contributed by atoms with Crippen molar-refractivity contribution in [2.75, 3.05) is 4.90 Å². The maximum Gasteiger partial charge on any atom is 0.0640 e. The highest BCUT2D eigenvalue weighted by Crippen LogP contribution is 2.52. The van der Waals surface area contributed by atoms with Gasteiger partial charge < -0.3 is 4.90 Å². The lowest BCUT2D eigenvalue weighted by atomic mass is 9.82. The first-order chi connectivity index (χ1) is 22.1. The Morgan fingerprint density at radius 2 is 1.20 bits per heavy atom. The first-order valence-corrected chi connectivity index (χ1v) is 16.4. The third-order valence-corrected chi connectivity index (χ3v) is 10.8. The summed E-state index contributed by atoms with van der Waals surface area (Å²) in [6.45, 7) is 4.72. The highest BCUT2D eigenvalue weighted by Gasteiger charge is 2.35. The van der Waals surface area contributed by atoms with Crippen LogP contribution in [-0.4, -0.2) is 0 Å². The van der Waals surface area contributed by atoms with Crippen LogP contribution in [0.1, 0.15) is 25.0 Å². The van der Waals surface area contributed by atoms with E-state index in [2.05, 4.69) is 170 Å². The summed E-state index contributed by atoms with van der Waals surface area (Å²) in [5, 5.41) is 5.18. The maximum absolute atomic E-state index is 2.46. The number of benzene rings is 7. The zero-order valence-corrected chi connectivity index (χ0v) is 26.1. The second-order valence-corrected chi connectivity index (χ2v) is 13.7. The van der Waals surface area contributed by atoms with Crippen molar-refractivity contribution in [3.8, 4) is 22.3 Å². The highest BCUT2D eigenvalue weighted by molar-refractivity contribution is 7.26. The molecule has 0 fully saturated rings. The first kappa shape index (κ1) is 26.2. The summed E-state index contributed by atoms with van der Waals surface area (Å²) < 4.78 is 2.65. The molecule has 1 aliphatic carbocycles. The summed E-state index contributed by atoms with van der Waals surface area (Å²) in [5.41, 5.74) is 11.5. The topological polar surface area (TPSA) is 3.24 Å². The van der Waals surface area contributed by atoms with E-state index in [4.69, 9.17) is 0 Å². The van der Waals surface area contributed by atoms with Gasteiger partial charge in [0.1, 0.15) is 0 Å². The van der Waals surface area contributed by atoms with Crippen LogP contribution in [0.5, 0.6) is 0 Å². The van der Waals surface area contributed by atoms with Crippen LogP contribution in [0.2, 0.25) is 0 Å². The SMILES string of the molecule is CC1(C)c2ccccc2-c2cc3c(cc21)sc1c(N(c2ccccc2)c2ccc(-c4ccc5ccccc5c4)cc2)cccc13. The van der Waals surface area contributed by atoms with E-state index >= 15 is 0 Å². The Kier molecular flexibility index (Phi) is 5.78. The standard InChI is InChI=1S/C43H31NS/c1-43(2)38-17-9-8-15-34(38)36-26-37-35-16-10-18-40(42(35)45-41(37)27-39(36)43)44(32-13-4-3-5-14-32)33-23-21-29(22-24-33)31-20-19-28-11-6-7-12-30(28)25-31/h3-27H,1-2H3. The third-order valence-electron chi connectivity index (χ3n) is 9.64. The average Bonchev–Trinajstić information content (AvgIpc) is 3.57. The van der Waals surface area contributed by atoms with Crippen LogP contribution in [0, 0.1) is 0 Å². The van der Waals surface area contributed by atoms with Gasteiger partial charge >= 0.3 is 0 Å². The maximum atomic E-state index is 2.46. The Hall–Kier alpha value is -5.18. The number of nitrogens with zero attached hydrogens (tertiary/aromatic N) is 1. The molecule has 0 spiro atoms. The van der Waals surface area contributed by atoms with Gasteiger partial charge in [0.15, 0.2) is 0 Å². The fourth-order valence-corrected chi connectivity index (χ4v) is 8.56. The molecule has 1 aromatic heterocycles. The van der Waals surface area contributed by atoms with Crippen molar-refractivity contribution in [2.45, 2.75) is 19.3 Å². The lowest BCUT2D eigenvalue weighted by molar-refractivity contribution is 0.661. The van der Waals surface area contributed by atoms with Crippen molar-refractivity contribution in [3.63, 3.8) is 0 Å². The number of thiophene rings is 1. The van der Waals surface area contributed by atoms with E-state index < -0.39 is 0 Å². The number of hydrogen-bond acceptors (Lipinski definition) is 2. The molecule has 0 amide bonds. The molecular weight excluding hydrogens is 563 g/mol. The molecule has 9 rings (SSSR count). The largest absolute Gasteiger partial charge is 0.309 e. The summed E-state index contributed by atoms with van der Waals surface area (Å²) in [4.78, 5) is 2.41. The molecule has 45 heavy (non-hydrogen) atoms. The van der Waals surface area contributed by atoms with Gasteiger partial charge in [0, 0.05) is 32.3 Å². The van der Waals surface area contributed by atoms with Gasteiger partial charge in [-0.2, -0.15) is 0 Å². The second-order valence-electron chi connectivity index (χ2n) is 12.6. The van der Waals surface area contributed by atoms with Gasteiger partial charge in [0.2, 0.25) is 0 Å². The lowest BCUT2D eigenvalue weighted by Gasteiger charge is -2.26. The Morgan fingerprint density at radius 1 is 0.489 bits per heavy atom. The molecule has 0 atom stereocenters. The Morgan fingerprint density at radius 3 is 2.04 bits per heavy atom. The first-order valence-electron chi connectivity index (χ1n) is 15.6. The van der Waals surface area contributed by atoms with Crippen molar-refractivity contribution in [1.82, 2.24) is 0 Å². The summed E-state index contributed by atoms with van der Waals surface area (Å²) in [5.74, 6) is 0. The molecular formula is C43H31NS. The van der Waals surface area contributed by atoms with Crippen LogP contribution in [0.25, 0.3) is 53.2 Å². The number of fused-ring (bicyclic) bond motifs is 7. The molecule has 0 unspecified atom stereocenters. The van der Waals surface area contributed by atoms with E-state index in [1.165, 1.54) is 70.0 Å². The summed E-state index contributed by atoms with van der Waals surface area (Å²) in [6, 6.07) is 55.7. The van der Waals surface area contributed by atoms with Gasteiger partial charge in [-0.05, 0) is 92.7 Å².